The second kappa shape index (κ2) is 5.90. The SMILES string of the molecule is O=Cc1ccc(Oc2cc(Cl)c(Br)cc2Cl)c(F)c1. The van der Waals surface area contributed by atoms with Gasteiger partial charge in [0.2, 0.25) is 0 Å². The topological polar surface area (TPSA) is 26.3 Å². The maximum atomic E-state index is 13.7. The lowest BCUT2D eigenvalue weighted by Gasteiger charge is -2.10. The summed E-state index contributed by atoms with van der Waals surface area (Å²) in [7, 11) is 0. The lowest BCUT2D eigenvalue weighted by Crippen LogP contribution is -1.91. The summed E-state index contributed by atoms with van der Waals surface area (Å²) in [5.41, 5.74) is 0.227. The molecule has 0 N–H and O–H groups in total. The maximum Gasteiger partial charge on any atom is 0.166 e. The van der Waals surface area contributed by atoms with Crippen molar-refractivity contribution in [3.05, 3.63) is 56.2 Å². The van der Waals surface area contributed by atoms with Crippen molar-refractivity contribution in [1.29, 1.82) is 0 Å². The molecule has 0 bridgehead atoms. The zero-order valence-electron chi connectivity index (χ0n) is 9.29. The van der Waals surface area contributed by atoms with E-state index in [1.54, 1.807) is 6.07 Å². The van der Waals surface area contributed by atoms with Crippen LogP contribution in [0.2, 0.25) is 10.0 Å². The minimum absolute atomic E-state index is 0.0362. The van der Waals surface area contributed by atoms with E-state index in [2.05, 4.69) is 15.9 Å². The highest BCUT2D eigenvalue weighted by Crippen LogP contribution is 2.37. The van der Waals surface area contributed by atoms with Crippen LogP contribution in [-0.4, -0.2) is 6.29 Å². The zero-order valence-corrected chi connectivity index (χ0v) is 12.4. The normalized spacial score (nSPS) is 10.3. The zero-order chi connectivity index (χ0) is 14.0. The predicted octanol–water partition coefficient (Wildman–Crippen LogP) is 5.50. The van der Waals surface area contributed by atoms with E-state index in [0.29, 0.717) is 15.8 Å². The summed E-state index contributed by atoms with van der Waals surface area (Å²) in [5, 5.41) is 0.680. The van der Waals surface area contributed by atoms with E-state index in [1.165, 1.54) is 18.2 Å². The molecular weight excluding hydrogens is 358 g/mol. The van der Waals surface area contributed by atoms with Crippen molar-refractivity contribution in [3.63, 3.8) is 0 Å². The van der Waals surface area contributed by atoms with E-state index < -0.39 is 5.82 Å². The summed E-state index contributed by atoms with van der Waals surface area (Å²) in [6.07, 6.45) is 0.552. The van der Waals surface area contributed by atoms with Gasteiger partial charge in [-0.15, -0.1) is 0 Å². The van der Waals surface area contributed by atoms with Gasteiger partial charge in [-0.3, -0.25) is 4.79 Å². The summed E-state index contributed by atoms with van der Waals surface area (Å²) < 4.78 is 19.6. The smallest absolute Gasteiger partial charge is 0.166 e. The van der Waals surface area contributed by atoms with Gasteiger partial charge in [0.25, 0.3) is 0 Å². The van der Waals surface area contributed by atoms with E-state index in [-0.39, 0.29) is 22.1 Å². The lowest BCUT2D eigenvalue weighted by atomic mass is 10.2. The van der Waals surface area contributed by atoms with Crippen molar-refractivity contribution >= 4 is 45.4 Å². The number of aldehydes is 1. The number of hydrogen-bond acceptors (Lipinski definition) is 2. The molecule has 0 fully saturated rings. The van der Waals surface area contributed by atoms with Crippen LogP contribution in [0.25, 0.3) is 0 Å². The first-order valence-electron chi connectivity index (χ1n) is 5.08. The fourth-order valence-corrected chi connectivity index (χ4v) is 2.21. The molecule has 0 spiro atoms. The molecule has 0 aliphatic carbocycles. The van der Waals surface area contributed by atoms with Crippen LogP contribution in [0.15, 0.2) is 34.8 Å². The first-order chi connectivity index (χ1) is 9.01. The Kier molecular flexibility index (Phi) is 4.45. The molecule has 0 heterocycles. The van der Waals surface area contributed by atoms with Crippen molar-refractivity contribution in [2.75, 3.05) is 0 Å². The predicted molar refractivity (Wildman–Crippen MR) is 76.0 cm³/mol. The Labute approximate surface area is 127 Å². The number of rotatable bonds is 3. The molecule has 2 nitrogen and oxygen atoms in total. The third-order valence-electron chi connectivity index (χ3n) is 2.29. The Bertz CT molecular complexity index is 647. The Morgan fingerprint density at radius 3 is 2.47 bits per heavy atom. The fraction of sp³-hybridized carbons (Fsp3) is 0. The number of carbonyl (C=O) groups is 1. The minimum atomic E-state index is -0.653. The van der Waals surface area contributed by atoms with Crippen molar-refractivity contribution in [3.8, 4) is 11.5 Å². The van der Waals surface area contributed by atoms with Crippen LogP contribution in [0.1, 0.15) is 10.4 Å². The van der Waals surface area contributed by atoms with Crippen LogP contribution in [0.4, 0.5) is 4.39 Å². The lowest BCUT2D eigenvalue weighted by molar-refractivity contribution is 0.112. The molecule has 6 heteroatoms. The first kappa shape index (κ1) is 14.3. The molecule has 0 atom stereocenters. The Morgan fingerprint density at radius 1 is 1.11 bits per heavy atom. The summed E-state index contributed by atoms with van der Waals surface area (Å²) in [6.45, 7) is 0. The highest BCUT2D eigenvalue weighted by Gasteiger charge is 2.11. The number of benzene rings is 2. The van der Waals surface area contributed by atoms with Gasteiger partial charge in [0.05, 0.1) is 10.0 Å². The molecule has 19 heavy (non-hydrogen) atoms. The van der Waals surface area contributed by atoms with E-state index in [1.807, 2.05) is 0 Å². The Balaban J connectivity index is 2.36. The second-order valence-corrected chi connectivity index (χ2v) is 5.28. The molecule has 0 saturated carbocycles. The van der Waals surface area contributed by atoms with Gasteiger partial charge in [-0.05, 0) is 40.2 Å². The monoisotopic (exact) mass is 362 g/mol. The standard InChI is InChI=1S/C13H6BrCl2FO2/c14-8-4-10(16)13(5-9(8)15)19-12-2-1-7(6-18)3-11(12)17/h1-6H. The van der Waals surface area contributed by atoms with E-state index in [0.717, 1.165) is 6.07 Å². The van der Waals surface area contributed by atoms with Gasteiger partial charge < -0.3 is 4.74 Å². The molecule has 0 aliphatic heterocycles. The average Bonchev–Trinajstić information content (AvgIpc) is 2.38. The van der Waals surface area contributed by atoms with Crippen molar-refractivity contribution in [1.82, 2.24) is 0 Å². The third-order valence-corrected chi connectivity index (χ3v) is 3.78. The molecule has 2 aromatic carbocycles. The molecule has 98 valence electrons. The molecule has 0 radical (unpaired) electrons. The quantitative estimate of drug-likeness (QED) is 0.531. The summed E-state index contributed by atoms with van der Waals surface area (Å²) in [6, 6.07) is 6.90. The summed E-state index contributed by atoms with van der Waals surface area (Å²) in [4.78, 5) is 10.5. The largest absolute Gasteiger partial charge is 0.453 e. The highest BCUT2D eigenvalue weighted by molar-refractivity contribution is 9.10. The number of carbonyl (C=O) groups excluding carboxylic acids is 1. The number of halogens is 4. The van der Waals surface area contributed by atoms with Crippen LogP contribution < -0.4 is 4.74 Å². The van der Waals surface area contributed by atoms with Gasteiger partial charge >= 0.3 is 0 Å². The molecule has 0 aromatic heterocycles. The van der Waals surface area contributed by atoms with Crippen LogP contribution in [0, 0.1) is 5.82 Å². The summed E-state index contributed by atoms with van der Waals surface area (Å²) in [5.74, 6) is -0.460. The Hall–Kier alpha value is -1.10. The van der Waals surface area contributed by atoms with Gasteiger partial charge in [-0.1, -0.05) is 23.2 Å². The molecule has 2 rings (SSSR count). The van der Waals surface area contributed by atoms with Gasteiger partial charge in [-0.25, -0.2) is 4.39 Å². The molecular formula is C13H6BrCl2FO2. The van der Waals surface area contributed by atoms with Crippen LogP contribution >= 0.6 is 39.1 Å². The van der Waals surface area contributed by atoms with Crippen molar-refractivity contribution in [2.45, 2.75) is 0 Å². The second-order valence-electron chi connectivity index (χ2n) is 3.61. The van der Waals surface area contributed by atoms with E-state index in [9.17, 15) is 9.18 Å². The fourth-order valence-electron chi connectivity index (χ4n) is 1.37. The maximum absolute atomic E-state index is 13.7. The van der Waals surface area contributed by atoms with Gasteiger partial charge in [-0.2, -0.15) is 0 Å². The van der Waals surface area contributed by atoms with E-state index in [4.69, 9.17) is 27.9 Å². The van der Waals surface area contributed by atoms with Crippen LogP contribution in [0.3, 0.4) is 0 Å². The van der Waals surface area contributed by atoms with Crippen LogP contribution in [0.5, 0.6) is 11.5 Å². The van der Waals surface area contributed by atoms with Gasteiger partial charge in [0, 0.05) is 16.1 Å². The van der Waals surface area contributed by atoms with Gasteiger partial charge in [0.1, 0.15) is 12.0 Å². The number of hydrogen-bond donors (Lipinski definition) is 0. The summed E-state index contributed by atoms with van der Waals surface area (Å²) >= 11 is 15.1. The number of ether oxygens (including phenoxy) is 1. The molecule has 2 aromatic rings. The van der Waals surface area contributed by atoms with Crippen LogP contribution in [-0.2, 0) is 0 Å². The average molecular weight is 364 g/mol. The third kappa shape index (κ3) is 3.26. The van der Waals surface area contributed by atoms with Gasteiger partial charge in [0.15, 0.2) is 11.6 Å². The van der Waals surface area contributed by atoms with Crippen molar-refractivity contribution < 1.29 is 13.9 Å². The van der Waals surface area contributed by atoms with E-state index >= 15 is 0 Å². The molecule has 0 amide bonds. The molecule has 0 unspecified atom stereocenters. The highest BCUT2D eigenvalue weighted by atomic mass is 79.9. The minimum Gasteiger partial charge on any atom is -0.453 e. The Morgan fingerprint density at radius 2 is 1.84 bits per heavy atom. The first-order valence-corrected chi connectivity index (χ1v) is 6.63. The molecule has 0 saturated heterocycles. The van der Waals surface area contributed by atoms with Crippen molar-refractivity contribution in [2.24, 2.45) is 0 Å². The molecule has 0 aliphatic rings.